The average molecular weight is 361 g/mol. The third kappa shape index (κ3) is 16.5. The third-order valence-electron chi connectivity index (χ3n) is 1.87. The summed E-state index contributed by atoms with van der Waals surface area (Å²) in [5.74, 6) is 0. The number of hydrogen-bond donors (Lipinski definition) is 1. The zero-order valence-corrected chi connectivity index (χ0v) is 12.7. The van der Waals surface area contributed by atoms with Gasteiger partial charge in [-0.05, 0) is 6.54 Å². The van der Waals surface area contributed by atoms with Gasteiger partial charge in [-0.3, -0.25) is 0 Å². The first kappa shape index (κ1) is 17.5. The lowest BCUT2D eigenvalue weighted by Crippen LogP contribution is -2.20. The van der Waals surface area contributed by atoms with E-state index in [2.05, 4.69) is 34.8 Å². The predicted octanol–water partition coefficient (Wildman–Crippen LogP) is 1.05. The van der Waals surface area contributed by atoms with Gasteiger partial charge in [-0.25, -0.2) is 0 Å². The fourth-order valence-electron chi connectivity index (χ4n) is 1.04. The Hall–Kier alpha value is 0.530. The molecule has 0 unspecified atom stereocenters. The fourth-order valence-corrected chi connectivity index (χ4v) is 1.35. The maximum atomic E-state index is 5.35. The molecule has 0 spiro atoms. The monoisotopic (exact) mass is 361 g/mol. The van der Waals surface area contributed by atoms with Crippen LogP contribution in [0.25, 0.3) is 0 Å². The fraction of sp³-hybridized carbons (Fsp3) is 1.00. The Labute approximate surface area is 118 Å². The van der Waals surface area contributed by atoms with E-state index in [1.54, 1.807) is 0 Å². The SMILES string of the molecule is CCNCCOCCOCCOCCOCI. The van der Waals surface area contributed by atoms with Gasteiger partial charge < -0.3 is 24.3 Å². The number of rotatable bonds is 14. The van der Waals surface area contributed by atoms with Gasteiger partial charge in [-0.1, -0.05) is 29.5 Å². The molecule has 17 heavy (non-hydrogen) atoms. The smallest absolute Gasteiger partial charge is 0.0980 e. The zero-order valence-electron chi connectivity index (χ0n) is 10.6. The number of likely N-dealkylation sites (N-methyl/N-ethyl adjacent to an activating group) is 1. The van der Waals surface area contributed by atoms with Crippen molar-refractivity contribution in [3.05, 3.63) is 0 Å². The second-order valence-electron chi connectivity index (χ2n) is 3.21. The molecule has 5 nitrogen and oxygen atoms in total. The molecule has 0 bridgehead atoms. The van der Waals surface area contributed by atoms with Crippen molar-refractivity contribution in [2.45, 2.75) is 6.92 Å². The van der Waals surface area contributed by atoms with Gasteiger partial charge in [0.25, 0.3) is 0 Å². The van der Waals surface area contributed by atoms with E-state index in [-0.39, 0.29) is 0 Å². The molecule has 1 N–H and O–H groups in total. The molecule has 0 aromatic carbocycles. The van der Waals surface area contributed by atoms with Crippen LogP contribution in [0.5, 0.6) is 0 Å². The van der Waals surface area contributed by atoms with Crippen molar-refractivity contribution in [2.75, 3.05) is 64.0 Å². The number of ether oxygens (including phenoxy) is 4. The minimum absolute atomic E-state index is 0.612. The summed E-state index contributed by atoms with van der Waals surface area (Å²) in [6, 6.07) is 0. The van der Waals surface area contributed by atoms with Crippen LogP contribution in [0.2, 0.25) is 0 Å². The zero-order chi connectivity index (χ0) is 12.6. The van der Waals surface area contributed by atoms with Crippen LogP contribution >= 0.6 is 22.6 Å². The first-order chi connectivity index (χ1) is 8.41. The number of alkyl halides is 1. The van der Waals surface area contributed by atoms with Gasteiger partial charge in [0.15, 0.2) is 0 Å². The van der Waals surface area contributed by atoms with E-state index in [1.165, 1.54) is 0 Å². The summed E-state index contributed by atoms with van der Waals surface area (Å²) in [4.78, 5) is 0. The second kappa shape index (κ2) is 16.5. The van der Waals surface area contributed by atoms with Gasteiger partial charge in [-0.15, -0.1) is 0 Å². The topological polar surface area (TPSA) is 49.0 Å². The van der Waals surface area contributed by atoms with Crippen molar-refractivity contribution >= 4 is 22.6 Å². The Morgan fingerprint density at radius 2 is 1.24 bits per heavy atom. The van der Waals surface area contributed by atoms with Crippen molar-refractivity contribution in [1.29, 1.82) is 0 Å². The number of halogens is 1. The van der Waals surface area contributed by atoms with Crippen LogP contribution in [0.15, 0.2) is 0 Å². The molecule has 0 saturated carbocycles. The van der Waals surface area contributed by atoms with Crippen molar-refractivity contribution < 1.29 is 18.9 Å². The van der Waals surface area contributed by atoms with Crippen LogP contribution < -0.4 is 5.32 Å². The molecule has 0 amide bonds. The predicted molar refractivity (Wildman–Crippen MR) is 75.8 cm³/mol. The molecule has 0 rings (SSSR count). The van der Waals surface area contributed by atoms with Gasteiger partial charge in [0.2, 0.25) is 0 Å². The Balaban J connectivity index is 2.85. The van der Waals surface area contributed by atoms with E-state index in [9.17, 15) is 0 Å². The molecule has 104 valence electrons. The van der Waals surface area contributed by atoms with E-state index in [0.29, 0.717) is 44.3 Å². The number of hydrogen-bond acceptors (Lipinski definition) is 5. The standard InChI is InChI=1S/C11H24INO4/c1-2-13-3-4-14-5-6-15-7-8-16-9-10-17-11-12/h13H,2-11H2,1H3. The molecule has 0 radical (unpaired) electrons. The molecule has 0 aliphatic heterocycles. The summed E-state index contributed by atoms with van der Waals surface area (Å²) in [5, 5.41) is 3.19. The van der Waals surface area contributed by atoms with Crippen molar-refractivity contribution in [1.82, 2.24) is 5.32 Å². The summed E-state index contributed by atoms with van der Waals surface area (Å²) in [5.41, 5.74) is 0. The highest BCUT2D eigenvalue weighted by Gasteiger charge is 1.91. The van der Waals surface area contributed by atoms with Gasteiger partial charge in [0.1, 0.15) is 0 Å². The Kier molecular flexibility index (Phi) is 17.0. The van der Waals surface area contributed by atoms with E-state index in [0.717, 1.165) is 19.7 Å². The lowest BCUT2D eigenvalue weighted by atomic mass is 10.6. The minimum Gasteiger partial charge on any atom is -0.378 e. The van der Waals surface area contributed by atoms with Crippen LogP contribution in [-0.2, 0) is 18.9 Å². The Morgan fingerprint density at radius 3 is 1.71 bits per heavy atom. The van der Waals surface area contributed by atoms with E-state index in [1.807, 2.05) is 0 Å². The maximum Gasteiger partial charge on any atom is 0.0980 e. The molecule has 0 atom stereocenters. The highest BCUT2D eigenvalue weighted by Crippen LogP contribution is 1.85. The minimum atomic E-state index is 0.612. The summed E-state index contributed by atoms with van der Waals surface area (Å²) in [7, 11) is 0. The Bertz CT molecular complexity index is 127. The first-order valence-electron chi connectivity index (χ1n) is 5.99. The normalized spacial score (nSPS) is 10.9. The van der Waals surface area contributed by atoms with E-state index < -0.39 is 0 Å². The molecule has 0 aromatic heterocycles. The molecule has 0 saturated heterocycles. The molecule has 0 aromatic rings. The van der Waals surface area contributed by atoms with Crippen LogP contribution in [0, 0.1) is 0 Å². The first-order valence-corrected chi connectivity index (χ1v) is 7.52. The van der Waals surface area contributed by atoms with E-state index in [4.69, 9.17) is 18.9 Å². The van der Waals surface area contributed by atoms with Crippen LogP contribution in [0.3, 0.4) is 0 Å². The lowest BCUT2D eigenvalue weighted by molar-refractivity contribution is 0.00360. The highest BCUT2D eigenvalue weighted by atomic mass is 127. The Morgan fingerprint density at radius 1 is 0.765 bits per heavy atom. The van der Waals surface area contributed by atoms with E-state index >= 15 is 0 Å². The van der Waals surface area contributed by atoms with Gasteiger partial charge in [-0.2, -0.15) is 0 Å². The maximum absolute atomic E-state index is 5.35. The highest BCUT2D eigenvalue weighted by molar-refractivity contribution is 14.1. The summed E-state index contributed by atoms with van der Waals surface area (Å²) >= 11 is 2.16. The summed E-state index contributed by atoms with van der Waals surface area (Å²) < 4.78 is 21.8. The molecular formula is C11H24INO4. The molecule has 0 heterocycles. The number of nitrogens with one attached hydrogen (secondary N) is 1. The van der Waals surface area contributed by atoms with Gasteiger partial charge >= 0.3 is 0 Å². The molecule has 0 fully saturated rings. The largest absolute Gasteiger partial charge is 0.378 e. The lowest BCUT2D eigenvalue weighted by Gasteiger charge is -2.07. The molecule has 6 heteroatoms. The van der Waals surface area contributed by atoms with Crippen molar-refractivity contribution in [3.8, 4) is 0 Å². The van der Waals surface area contributed by atoms with Crippen molar-refractivity contribution in [3.63, 3.8) is 0 Å². The van der Waals surface area contributed by atoms with Crippen LogP contribution in [0.1, 0.15) is 6.92 Å². The van der Waals surface area contributed by atoms with Gasteiger partial charge in [0.05, 0.1) is 50.9 Å². The molecule has 0 aliphatic rings. The summed E-state index contributed by atoms with van der Waals surface area (Å²) in [6.07, 6.45) is 0. The van der Waals surface area contributed by atoms with Crippen LogP contribution in [0.4, 0.5) is 0 Å². The molecular weight excluding hydrogens is 337 g/mol. The van der Waals surface area contributed by atoms with Crippen LogP contribution in [-0.4, -0.2) is 64.0 Å². The van der Waals surface area contributed by atoms with Gasteiger partial charge in [0, 0.05) is 6.54 Å². The average Bonchev–Trinajstić information content (AvgIpc) is 2.35. The summed E-state index contributed by atoms with van der Waals surface area (Å²) in [6.45, 7) is 8.47. The van der Waals surface area contributed by atoms with Crippen molar-refractivity contribution in [2.24, 2.45) is 0 Å². The third-order valence-corrected chi connectivity index (χ3v) is 2.31. The molecule has 0 aliphatic carbocycles. The quantitative estimate of drug-likeness (QED) is 0.285. The second-order valence-corrected chi connectivity index (χ2v) is 3.83.